The second kappa shape index (κ2) is 9.56. The average Bonchev–Trinajstić information content (AvgIpc) is 3.06. The Hall–Kier alpha value is -3.16. The molecule has 0 spiro atoms. The molecule has 0 radical (unpaired) electrons. The number of hydrogen-bond acceptors (Lipinski definition) is 5. The number of carbonyl (C=O) groups is 3. The van der Waals surface area contributed by atoms with E-state index in [9.17, 15) is 14.4 Å². The number of nitrogens with one attached hydrogen (secondary N) is 2. The molecule has 0 atom stereocenters. The molecule has 0 unspecified atom stereocenters. The maximum absolute atomic E-state index is 12.9. The summed E-state index contributed by atoms with van der Waals surface area (Å²) < 4.78 is 4.81. The van der Waals surface area contributed by atoms with Gasteiger partial charge in [-0.25, -0.2) is 4.79 Å². The van der Waals surface area contributed by atoms with Crippen molar-refractivity contribution in [3.8, 4) is 0 Å². The van der Waals surface area contributed by atoms with Gasteiger partial charge in [-0.1, -0.05) is 6.07 Å². The standard InChI is InChI=1S/C22H28N4O4/c1-14-19(22(29)30-3)15(2)25-20(14)21(28)26-10-7-16(8-11-26)12-18(27)24-13-17-6-4-5-9-23-17/h4-6,9,16,25H,7-8,10-13H2,1-3H3,(H,24,27). The maximum Gasteiger partial charge on any atom is 0.339 e. The molecule has 3 heterocycles. The van der Waals surface area contributed by atoms with Crippen LogP contribution >= 0.6 is 0 Å². The molecule has 8 nitrogen and oxygen atoms in total. The molecule has 2 N–H and O–H groups in total. The molecule has 2 aromatic heterocycles. The van der Waals surface area contributed by atoms with Crippen LogP contribution in [0.3, 0.4) is 0 Å². The molecule has 8 heteroatoms. The lowest BCUT2D eigenvalue weighted by Gasteiger charge is -2.31. The number of carbonyl (C=O) groups excluding carboxylic acids is 3. The first-order valence-corrected chi connectivity index (χ1v) is 10.1. The first-order chi connectivity index (χ1) is 14.4. The Morgan fingerprint density at radius 3 is 2.60 bits per heavy atom. The molecule has 2 aromatic rings. The molecule has 0 aliphatic carbocycles. The zero-order valence-corrected chi connectivity index (χ0v) is 17.7. The molecule has 0 bridgehead atoms. The smallest absolute Gasteiger partial charge is 0.339 e. The van der Waals surface area contributed by atoms with Gasteiger partial charge in [0, 0.05) is 31.4 Å². The van der Waals surface area contributed by atoms with E-state index < -0.39 is 5.97 Å². The fourth-order valence-electron chi connectivity index (χ4n) is 3.90. The van der Waals surface area contributed by atoms with Gasteiger partial charge in [0.25, 0.3) is 5.91 Å². The molecule has 3 rings (SSSR count). The first-order valence-electron chi connectivity index (χ1n) is 10.1. The van der Waals surface area contributed by atoms with Crippen molar-refractivity contribution in [1.82, 2.24) is 20.2 Å². The number of nitrogens with zero attached hydrogens (tertiary/aromatic N) is 2. The molecule has 160 valence electrons. The molecule has 1 saturated heterocycles. The van der Waals surface area contributed by atoms with Gasteiger partial charge in [-0.3, -0.25) is 14.6 Å². The van der Waals surface area contributed by atoms with Crippen molar-refractivity contribution in [3.05, 3.63) is 52.6 Å². The van der Waals surface area contributed by atoms with Crippen molar-refractivity contribution >= 4 is 17.8 Å². The molecule has 2 amide bonds. The van der Waals surface area contributed by atoms with Crippen LogP contribution in [-0.2, 0) is 16.1 Å². The predicted octanol–water partition coefficient (Wildman–Crippen LogP) is 2.37. The third-order valence-corrected chi connectivity index (χ3v) is 5.61. The van der Waals surface area contributed by atoms with Crippen LogP contribution in [0.1, 0.15) is 57.1 Å². The second-order valence-electron chi connectivity index (χ2n) is 7.65. The minimum absolute atomic E-state index is 0.00369. The lowest BCUT2D eigenvalue weighted by atomic mass is 9.93. The highest BCUT2D eigenvalue weighted by Crippen LogP contribution is 2.25. The van der Waals surface area contributed by atoms with E-state index in [2.05, 4.69) is 15.3 Å². The molecular formula is C22H28N4O4. The Kier molecular flexibility index (Phi) is 6.87. The number of methoxy groups -OCH3 is 1. The molecule has 1 fully saturated rings. The number of aryl methyl sites for hydroxylation is 1. The summed E-state index contributed by atoms with van der Waals surface area (Å²) in [4.78, 5) is 46.1. The average molecular weight is 412 g/mol. The summed E-state index contributed by atoms with van der Waals surface area (Å²) in [5.41, 5.74) is 2.91. The lowest BCUT2D eigenvalue weighted by molar-refractivity contribution is -0.122. The first kappa shape index (κ1) is 21.5. The van der Waals surface area contributed by atoms with Crippen molar-refractivity contribution in [3.63, 3.8) is 0 Å². The topological polar surface area (TPSA) is 104 Å². The quantitative estimate of drug-likeness (QED) is 0.709. The highest BCUT2D eigenvalue weighted by atomic mass is 16.5. The monoisotopic (exact) mass is 412 g/mol. The third kappa shape index (κ3) is 4.87. The van der Waals surface area contributed by atoms with Crippen LogP contribution in [0.25, 0.3) is 0 Å². The number of amides is 2. The van der Waals surface area contributed by atoms with Gasteiger partial charge >= 0.3 is 5.97 Å². The van der Waals surface area contributed by atoms with Crippen molar-refractivity contribution in [2.45, 2.75) is 39.7 Å². The Morgan fingerprint density at radius 1 is 1.23 bits per heavy atom. The van der Waals surface area contributed by atoms with Crippen LogP contribution in [0.2, 0.25) is 0 Å². The van der Waals surface area contributed by atoms with E-state index in [0.29, 0.717) is 48.6 Å². The largest absolute Gasteiger partial charge is 0.465 e. The highest BCUT2D eigenvalue weighted by molar-refractivity contribution is 6.00. The second-order valence-corrected chi connectivity index (χ2v) is 7.65. The maximum atomic E-state index is 12.9. The fraction of sp³-hybridized carbons (Fsp3) is 0.455. The number of likely N-dealkylation sites (tertiary alicyclic amines) is 1. The summed E-state index contributed by atoms with van der Waals surface area (Å²) in [5.74, 6) is -0.321. The molecular weight excluding hydrogens is 384 g/mol. The van der Waals surface area contributed by atoms with Gasteiger partial charge in [0.05, 0.1) is 24.9 Å². The Labute approximate surface area is 176 Å². The van der Waals surface area contributed by atoms with E-state index in [1.54, 1.807) is 24.9 Å². The normalized spacial score (nSPS) is 14.4. The molecule has 30 heavy (non-hydrogen) atoms. The summed E-state index contributed by atoms with van der Waals surface area (Å²) in [6, 6.07) is 5.61. The SMILES string of the molecule is COC(=O)c1c(C)[nH]c(C(=O)N2CCC(CC(=O)NCc3ccccn3)CC2)c1C. The van der Waals surface area contributed by atoms with Crippen molar-refractivity contribution in [2.75, 3.05) is 20.2 Å². The van der Waals surface area contributed by atoms with Gasteiger partial charge in [-0.05, 0) is 50.3 Å². The third-order valence-electron chi connectivity index (χ3n) is 5.61. The van der Waals surface area contributed by atoms with Crippen LogP contribution in [0.15, 0.2) is 24.4 Å². The van der Waals surface area contributed by atoms with Crippen LogP contribution < -0.4 is 5.32 Å². The number of aromatic nitrogens is 2. The van der Waals surface area contributed by atoms with Gasteiger partial charge in [-0.2, -0.15) is 0 Å². The summed E-state index contributed by atoms with van der Waals surface area (Å²) in [7, 11) is 1.33. The van der Waals surface area contributed by atoms with Gasteiger partial charge < -0.3 is 19.9 Å². The predicted molar refractivity (Wildman–Crippen MR) is 111 cm³/mol. The zero-order valence-electron chi connectivity index (χ0n) is 17.7. The zero-order chi connectivity index (χ0) is 21.7. The highest BCUT2D eigenvalue weighted by Gasteiger charge is 2.29. The number of piperidine rings is 1. The van der Waals surface area contributed by atoms with E-state index in [-0.39, 0.29) is 17.7 Å². The van der Waals surface area contributed by atoms with Crippen molar-refractivity contribution < 1.29 is 19.1 Å². The van der Waals surface area contributed by atoms with E-state index in [1.807, 2.05) is 18.2 Å². The van der Waals surface area contributed by atoms with Crippen LogP contribution in [0.5, 0.6) is 0 Å². The number of aromatic amines is 1. The number of ether oxygens (including phenoxy) is 1. The summed E-state index contributed by atoms with van der Waals surface area (Å²) in [6.07, 6.45) is 3.69. The van der Waals surface area contributed by atoms with Gasteiger partial charge in [0.1, 0.15) is 5.69 Å². The van der Waals surface area contributed by atoms with Crippen molar-refractivity contribution in [1.29, 1.82) is 0 Å². The number of hydrogen-bond donors (Lipinski definition) is 2. The lowest BCUT2D eigenvalue weighted by Crippen LogP contribution is -2.40. The van der Waals surface area contributed by atoms with Gasteiger partial charge in [-0.15, -0.1) is 0 Å². The molecule has 1 aliphatic rings. The van der Waals surface area contributed by atoms with E-state index in [1.165, 1.54) is 7.11 Å². The van der Waals surface area contributed by atoms with Crippen LogP contribution in [0.4, 0.5) is 0 Å². The van der Waals surface area contributed by atoms with Crippen LogP contribution in [0, 0.1) is 19.8 Å². The van der Waals surface area contributed by atoms with E-state index >= 15 is 0 Å². The van der Waals surface area contributed by atoms with Crippen LogP contribution in [-0.4, -0.2) is 52.9 Å². The fourth-order valence-corrected chi connectivity index (χ4v) is 3.90. The number of H-pyrrole nitrogens is 1. The summed E-state index contributed by atoms with van der Waals surface area (Å²) in [5, 5.41) is 2.91. The van der Waals surface area contributed by atoms with E-state index in [0.717, 1.165) is 18.5 Å². The Balaban J connectivity index is 1.51. The summed E-state index contributed by atoms with van der Waals surface area (Å²) >= 11 is 0. The Bertz CT molecular complexity index is 915. The van der Waals surface area contributed by atoms with Crippen molar-refractivity contribution in [2.24, 2.45) is 5.92 Å². The minimum atomic E-state index is -0.448. The van der Waals surface area contributed by atoms with Gasteiger partial charge in [0.2, 0.25) is 5.91 Å². The minimum Gasteiger partial charge on any atom is -0.465 e. The number of esters is 1. The molecule has 0 saturated carbocycles. The molecule has 1 aliphatic heterocycles. The molecule has 0 aromatic carbocycles. The van der Waals surface area contributed by atoms with Gasteiger partial charge in [0.15, 0.2) is 0 Å². The Morgan fingerprint density at radius 2 is 1.97 bits per heavy atom. The van der Waals surface area contributed by atoms with E-state index in [4.69, 9.17) is 4.74 Å². The number of rotatable bonds is 6. The number of pyridine rings is 1. The summed E-state index contributed by atoms with van der Waals surface area (Å²) in [6.45, 7) is 5.10.